The van der Waals surface area contributed by atoms with E-state index in [2.05, 4.69) is 0 Å². The van der Waals surface area contributed by atoms with Gasteiger partial charge in [-0.15, -0.1) is 0 Å². The Bertz CT molecular complexity index is 235. The van der Waals surface area contributed by atoms with E-state index in [4.69, 9.17) is 5.73 Å². The number of rotatable bonds is 4. The maximum Gasteiger partial charge on any atom is 0.147 e. The summed E-state index contributed by atoms with van der Waals surface area (Å²) < 4.78 is 21.5. The van der Waals surface area contributed by atoms with Crippen molar-refractivity contribution < 1.29 is 8.42 Å². The van der Waals surface area contributed by atoms with Crippen LogP contribution in [-0.4, -0.2) is 26.5 Å². The third-order valence-electron chi connectivity index (χ3n) is 2.57. The first-order chi connectivity index (χ1) is 5.49. The lowest BCUT2D eigenvalue weighted by Gasteiger charge is -2.33. The van der Waals surface area contributed by atoms with E-state index in [1.807, 2.05) is 0 Å². The van der Waals surface area contributed by atoms with Crippen molar-refractivity contribution in [2.45, 2.75) is 31.7 Å². The van der Waals surface area contributed by atoms with E-state index in [1.54, 1.807) is 0 Å². The summed E-state index contributed by atoms with van der Waals surface area (Å²) >= 11 is 0. The molecule has 1 saturated carbocycles. The van der Waals surface area contributed by atoms with Crippen LogP contribution >= 0.6 is 0 Å². The van der Waals surface area contributed by atoms with Crippen LogP contribution < -0.4 is 5.73 Å². The van der Waals surface area contributed by atoms with Gasteiger partial charge in [-0.2, -0.15) is 0 Å². The molecule has 1 aliphatic rings. The van der Waals surface area contributed by atoms with E-state index in [9.17, 15) is 8.42 Å². The average molecular weight is 191 g/mol. The summed E-state index contributed by atoms with van der Waals surface area (Å²) in [6.45, 7) is 0. The molecule has 3 nitrogen and oxygen atoms in total. The lowest BCUT2D eigenvalue weighted by atomic mass is 9.77. The summed E-state index contributed by atoms with van der Waals surface area (Å²) in [5.74, 6) is 0.905. The first-order valence-corrected chi connectivity index (χ1v) is 6.48. The molecule has 0 heterocycles. The molecule has 2 unspecified atom stereocenters. The lowest BCUT2D eigenvalue weighted by Crippen LogP contribution is -2.39. The van der Waals surface area contributed by atoms with Crippen molar-refractivity contribution in [2.24, 2.45) is 11.7 Å². The Labute approximate surface area is 74.3 Å². The molecule has 72 valence electrons. The largest absolute Gasteiger partial charge is 0.327 e. The van der Waals surface area contributed by atoms with Crippen molar-refractivity contribution in [2.75, 3.05) is 12.0 Å². The SMILES string of the molecule is CS(=O)(=O)CCCC1CCC1N. The standard InChI is InChI=1S/C8H17NO2S/c1-12(10,11)6-2-3-7-4-5-8(7)9/h7-8H,2-6,9H2,1H3. The van der Waals surface area contributed by atoms with Crippen LogP contribution in [0, 0.1) is 5.92 Å². The Morgan fingerprint density at radius 1 is 1.42 bits per heavy atom. The van der Waals surface area contributed by atoms with Crippen LogP contribution in [0.25, 0.3) is 0 Å². The second kappa shape index (κ2) is 3.75. The molecular formula is C8H17NO2S. The van der Waals surface area contributed by atoms with Crippen molar-refractivity contribution in [1.82, 2.24) is 0 Å². The molecular weight excluding hydrogens is 174 g/mol. The molecule has 1 fully saturated rings. The van der Waals surface area contributed by atoms with Gasteiger partial charge in [-0.1, -0.05) is 0 Å². The normalized spacial score (nSPS) is 29.8. The predicted molar refractivity (Wildman–Crippen MR) is 49.6 cm³/mol. The topological polar surface area (TPSA) is 60.2 Å². The second-order valence-electron chi connectivity index (χ2n) is 3.77. The van der Waals surface area contributed by atoms with E-state index in [0.29, 0.717) is 17.7 Å². The fourth-order valence-corrected chi connectivity index (χ4v) is 2.25. The molecule has 2 N–H and O–H groups in total. The third kappa shape index (κ3) is 3.11. The highest BCUT2D eigenvalue weighted by atomic mass is 32.2. The number of sulfone groups is 1. The van der Waals surface area contributed by atoms with Gasteiger partial charge in [0.05, 0.1) is 0 Å². The third-order valence-corrected chi connectivity index (χ3v) is 3.60. The zero-order chi connectivity index (χ0) is 9.19. The monoisotopic (exact) mass is 191 g/mol. The summed E-state index contributed by atoms with van der Waals surface area (Å²) in [5, 5.41) is 0. The molecule has 0 aliphatic heterocycles. The van der Waals surface area contributed by atoms with E-state index < -0.39 is 9.84 Å². The summed E-state index contributed by atoms with van der Waals surface area (Å²) in [7, 11) is -2.76. The van der Waals surface area contributed by atoms with E-state index in [1.165, 1.54) is 12.7 Å². The smallest absolute Gasteiger partial charge is 0.147 e. The zero-order valence-corrected chi connectivity index (χ0v) is 8.31. The van der Waals surface area contributed by atoms with E-state index >= 15 is 0 Å². The van der Waals surface area contributed by atoms with Gasteiger partial charge in [0, 0.05) is 18.1 Å². The highest BCUT2D eigenvalue weighted by Gasteiger charge is 2.26. The molecule has 4 heteroatoms. The van der Waals surface area contributed by atoms with E-state index in [0.717, 1.165) is 19.3 Å². The van der Waals surface area contributed by atoms with Crippen LogP contribution in [0.5, 0.6) is 0 Å². The van der Waals surface area contributed by atoms with Crippen molar-refractivity contribution in [3.05, 3.63) is 0 Å². The highest BCUT2D eigenvalue weighted by Crippen LogP contribution is 2.29. The van der Waals surface area contributed by atoms with Crippen LogP contribution in [0.3, 0.4) is 0 Å². The van der Waals surface area contributed by atoms with Gasteiger partial charge in [-0.3, -0.25) is 0 Å². The Hall–Kier alpha value is -0.0900. The van der Waals surface area contributed by atoms with Crippen LogP contribution in [0.15, 0.2) is 0 Å². The summed E-state index contributed by atoms with van der Waals surface area (Å²) in [6, 6.07) is 0.338. The Kier molecular flexibility index (Phi) is 3.12. The van der Waals surface area contributed by atoms with Gasteiger partial charge in [0.2, 0.25) is 0 Å². The van der Waals surface area contributed by atoms with Crippen LogP contribution in [-0.2, 0) is 9.84 Å². The van der Waals surface area contributed by atoms with Gasteiger partial charge in [-0.05, 0) is 31.6 Å². The number of nitrogens with two attached hydrogens (primary N) is 1. The summed E-state index contributed by atoms with van der Waals surface area (Å²) in [5.41, 5.74) is 5.72. The maximum atomic E-state index is 10.8. The van der Waals surface area contributed by atoms with Crippen molar-refractivity contribution in [1.29, 1.82) is 0 Å². The minimum atomic E-state index is -2.76. The average Bonchev–Trinajstić information content (AvgIpc) is 1.93. The zero-order valence-electron chi connectivity index (χ0n) is 7.49. The van der Waals surface area contributed by atoms with Gasteiger partial charge < -0.3 is 5.73 Å². The molecule has 0 aromatic carbocycles. The van der Waals surface area contributed by atoms with Gasteiger partial charge in [0.1, 0.15) is 9.84 Å². The fraction of sp³-hybridized carbons (Fsp3) is 1.00. The van der Waals surface area contributed by atoms with E-state index in [-0.39, 0.29) is 0 Å². The quantitative estimate of drug-likeness (QED) is 0.706. The molecule has 12 heavy (non-hydrogen) atoms. The molecule has 2 atom stereocenters. The number of hydrogen-bond acceptors (Lipinski definition) is 3. The molecule has 0 spiro atoms. The first-order valence-electron chi connectivity index (χ1n) is 4.42. The Balaban J connectivity index is 2.11. The molecule has 0 aromatic rings. The Morgan fingerprint density at radius 2 is 2.08 bits per heavy atom. The van der Waals surface area contributed by atoms with Gasteiger partial charge in [0.25, 0.3) is 0 Å². The van der Waals surface area contributed by atoms with Crippen LogP contribution in [0.2, 0.25) is 0 Å². The van der Waals surface area contributed by atoms with Crippen molar-refractivity contribution >= 4 is 9.84 Å². The molecule has 0 radical (unpaired) electrons. The molecule has 1 rings (SSSR count). The molecule has 1 aliphatic carbocycles. The minimum absolute atomic E-state index is 0.316. The summed E-state index contributed by atoms with van der Waals surface area (Å²) in [4.78, 5) is 0. The molecule has 0 saturated heterocycles. The molecule has 0 amide bonds. The first kappa shape index (κ1) is 9.99. The molecule has 0 aromatic heterocycles. The fourth-order valence-electron chi connectivity index (χ4n) is 1.56. The lowest BCUT2D eigenvalue weighted by molar-refractivity contribution is 0.240. The number of hydrogen-bond donors (Lipinski definition) is 1. The minimum Gasteiger partial charge on any atom is -0.327 e. The van der Waals surface area contributed by atoms with Gasteiger partial charge in [-0.25, -0.2) is 8.42 Å². The van der Waals surface area contributed by atoms with Crippen LogP contribution in [0.4, 0.5) is 0 Å². The van der Waals surface area contributed by atoms with Crippen LogP contribution in [0.1, 0.15) is 25.7 Å². The second-order valence-corrected chi connectivity index (χ2v) is 6.03. The maximum absolute atomic E-state index is 10.8. The molecule has 0 bridgehead atoms. The summed E-state index contributed by atoms with van der Waals surface area (Å²) in [6.07, 6.45) is 5.34. The highest BCUT2D eigenvalue weighted by molar-refractivity contribution is 7.90. The van der Waals surface area contributed by atoms with Crippen molar-refractivity contribution in [3.8, 4) is 0 Å². The predicted octanol–water partition coefficient (Wildman–Crippen LogP) is 0.549. The van der Waals surface area contributed by atoms with Crippen molar-refractivity contribution in [3.63, 3.8) is 0 Å². The van der Waals surface area contributed by atoms with Gasteiger partial charge in [0.15, 0.2) is 0 Å². The Morgan fingerprint density at radius 3 is 2.42 bits per heavy atom. The van der Waals surface area contributed by atoms with Gasteiger partial charge >= 0.3 is 0 Å².